The van der Waals surface area contributed by atoms with Gasteiger partial charge >= 0.3 is 0 Å². The lowest BCUT2D eigenvalue weighted by Gasteiger charge is -2.50. The number of phenolic OH excluding ortho intramolecular Hbond substituents is 1. The van der Waals surface area contributed by atoms with E-state index in [9.17, 15) is 33.1 Å². The largest absolute Gasteiger partial charge is 0.505 e. The number of anilines is 1. The summed E-state index contributed by atoms with van der Waals surface area (Å²) in [4.78, 5) is 49.7. The molecule has 6 unspecified atom stereocenters. The zero-order valence-corrected chi connectivity index (χ0v) is 20.4. The maximum absolute atomic E-state index is 14.6. The highest BCUT2D eigenvalue weighted by molar-refractivity contribution is 6.58. The lowest BCUT2D eigenvalue weighted by molar-refractivity contribution is -0.127. The summed E-state index contributed by atoms with van der Waals surface area (Å²) in [5.41, 5.74) is 0.700. The summed E-state index contributed by atoms with van der Waals surface area (Å²) in [6, 6.07) is 8.11. The Morgan fingerprint density at radius 1 is 0.946 bits per heavy atom. The summed E-state index contributed by atoms with van der Waals surface area (Å²) in [5, 5.41) is 12.1. The van der Waals surface area contributed by atoms with Gasteiger partial charge in [0, 0.05) is 5.92 Å². The Morgan fingerprint density at radius 2 is 1.65 bits per heavy atom. The molecule has 6 atom stereocenters. The van der Waals surface area contributed by atoms with Crippen molar-refractivity contribution in [2.75, 3.05) is 4.90 Å². The molecule has 7 nitrogen and oxygen atoms in total. The number of aromatic hydroxyl groups is 1. The molecule has 4 amide bonds. The minimum absolute atomic E-state index is 0.0464. The number of fused-ring (bicyclic) bond motifs is 4. The van der Waals surface area contributed by atoms with E-state index in [-0.39, 0.29) is 24.1 Å². The summed E-state index contributed by atoms with van der Waals surface area (Å²) in [6.07, 6.45) is 1.65. The molecule has 3 fully saturated rings. The van der Waals surface area contributed by atoms with E-state index in [1.807, 2.05) is 0 Å². The molecule has 2 heterocycles. The standard InChI is InChI=1S/C26H18Cl2F2N2O5/c27-25-10-16-14(6-7-15-19(16)22(35)31-21(15)34)20(11-1-8-18(33)17(30)9-11)26(25,28)24(37)32(23(25)36)13-4-2-12(29)3-5-13/h1-6,8-9,15-16,19-20,33H,7,10H2,(H,31,34,35). The number of carbonyl (C=O) groups is 4. The zero-order valence-electron chi connectivity index (χ0n) is 18.9. The minimum atomic E-state index is -2.16. The number of allylic oxidation sites excluding steroid dienone is 2. The molecule has 6 rings (SSSR count). The molecule has 2 aliphatic heterocycles. The van der Waals surface area contributed by atoms with Gasteiger partial charge < -0.3 is 5.11 Å². The Balaban J connectivity index is 1.58. The Bertz CT molecular complexity index is 1450. The third-order valence-corrected chi connectivity index (χ3v) is 9.46. The lowest BCUT2D eigenvalue weighted by Crippen LogP contribution is -2.60. The fraction of sp³-hybridized carbons (Fsp3) is 0.308. The number of carbonyl (C=O) groups excluding carboxylic acids is 4. The number of halogens is 4. The highest BCUT2D eigenvalue weighted by Crippen LogP contribution is 2.65. The third kappa shape index (κ3) is 3.04. The van der Waals surface area contributed by atoms with Crippen molar-refractivity contribution < 1.29 is 33.1 Å². The van der Waals surface area contributed by atoms with Crippen LogP contribution in [0.3, 0.4) is 0 Å². The molecule has 0 bridgehead atoms. The average molecular weight is 547 g/mol. The maximum Gasteiger partial charge on any atom is 0.258 e. The first kappa shape index (κ1) is 24.1. The molecule has 0 radical (unpaired) electrons. The number of benzene rings is 2. The van der Waals surface area contributed by atoms with E-state index >= 15 is 0 Å². The summed E-state index contributed by atoms with van der Waals surface area (Å²) in [6.45, 7) is 0. The van der Waals surface area contributed by atoms with Crippen LogP contribution in [0, 0.1) is 29.4 Å². The number of phenols is 1. The van der Waals surface area contributed by atoms with Crippen LogP contribution in [-0.2, 0) is 19.2 Å². The van der Waals surface area contributed by atoms with Gasteiger partial charge in [0.05, 0.1) is 17.5 Å². The first-order chi connectivity index (χ1) is 17.5. The molecule has 0 spiro atoms. The van der Waals surface area contributed by atoms with Gasteiger partial charge in [0.15, 0.2) is 21.3 Å². The van der Waals surface area contributed by atoms with Crippen LogP contribution in [0.25, 0.3) is 0 Å². The van der Waals surface area contributed by atoms with Crippen molar-refractivity contribution in [1.29, 1.82) is 0 Å². The molecular formula is C26H18Cl2F2N2O5. The van der Waals surface area contributed by atoms with E-state index in [1.54, 1.807) is 6.08 Å². The Hall–Kier alpha value is -3.30. The summed E-state index contributed by atoms with van der Waals surface area (Å²) >= 11 is 14.2. The van der Waals surface area contributed by atoms with Gasteiger partial charge in [-0.05, 0) is 60.7 Å². The fourth-order valence-corrected chi connectivity index (χ4v) is 7.32. The smallest absolute Gasteiger partial charge is 0.258 e. The summed E-state index contributed by atoms with van der Waals surface area (Å²) in [5.74, 6) is -8.35. The van der Waals surface area contributed by atoms with Crippen molar-refractivity contribution in [3.05, 3.63) is 71.3 Å². The number of nitrogens with one attached hydrogen (secondary N) is 1. The molecule has 2 aromatic carbocycles. The SMILES string of the molecule is O=C1NC(=O)C2C1CC=C1C2CC2(Cl)C(=O)N(c3ccc(F)cc3)C(=O)C2(Cl)C1c1ccc(O)c(F)c1. The van der Waals surface area contributed by atoms with Crippen LogP contribution in [0.2, 0.25) is 0 Å². The number of hydrogen-bond donors (Lipinski definition) is 2. The number of rotatable bonds is 2. The maximum atomic E-state index is 14.6. The van der Waals surface area contributed by atoms with Gasteiger partial charge in [-0.3, -0.25) is 24.5 Å². The first-order valence-corrected chi connectivity index (χ1v) is 12.3. The van der Waals surface area contributed by atoms with Crippen LogP contribution in [0.5, 0.6) is 5.75 Å². The Kier molecular flexibility index (Phi) is 5.10. The normalized spacial score (nSPS) is 34.6. The second-order valence-corrected chi connectivity index (χ2v) is 11.1. The highest BCUT2D eigenvalue weighted by atomic mass is 35.5. The van der Waals surface area contributed by atoms with Crippen molar-refractivity contribution in [1.82, 2.24) is 5.32 Å². The monoisotopic (exact) mass is 546 g/mol. The van der Waals surface area contributed by atoms with Crippen molar-refractivity contribution in [2.24, 2.45) is 17.8 Å². The third-order valence-electron chi connectivity index (χ3n) is 8.04. The number of alkyl halides is 2. The van der Waals surface area contributed by atoms with Crippen molar-refractivity contribution in [3.63, 3.8) is 0 Å². The molecule has 37 heavy (non-hydrogen) atoms. The van der Waals surface area contributed by atoms with Crippen LogP contribution < -0.4 is 10.2 Å². The van der Waals surface area contributed by atoms with Gasteiger partial charge in [0.1, 0.15) is 5.82 Å². The quantitative estimate of drug-likeness (QED) is 0.340. The van der Waals surface area contributed by atoms with Crippen LogP contribution in [0.1, 0.15) is 24.3 Å². The molecule has 2 aromatic rings. The molecular weight excluding hydrogens is 529 g/mol. The van der Waals surface area contributed by atoms with E-state index in [2.05, 4.69) is 5.32 Å². The molecule has 190 valence electrons. The number of amides is 4. The predicted octanol–water partition coefficient (Wildman–Crippen LogP) is 3.52. The molecule has 0 aromatic heterocycles. The van der Waals surface area contributed by atoms with Gasteiger partial charge in [0.25, 0.3) is 11.8 Å². The zero-order chi connectivity index (χ0) is 26.4. The van der Waals surface area contributed by atoms with Crippen LogP contribution in [-0.4, -0.2) is 38.5 Å². The second-order valence-electron chi connectivity index (χ2n) is 9.82. The van der Waals surface area contributed by atoms with E-state index in [0.29, 0.717) is 5.57 Å². The molecule has 2 saturated heterocycles. The summed E-state index contributed by atoms with van der Waals surface area (Å²) in [7, 11) is 0. The Labute approximate surface area is 219 Å². The van der Waals surface area contributed by atoms with Gasteiger partial charge in [-0.15, -0.1) is 23.2 Å². The van der Waals surface area contributed by atoms with Crippen molar-refractivity contribution >= 4 is 52.5 Å². The molecule has 2 N–H and O–H groups in total. The number of imide groups is 2. The fourth-order valence-electron chi connectivity index (χ4n) is 6.39. The molecule has 4 aliphatic rings. The second kappa shape index (κ2) is 7.85. The first-order valence-electron chi connectivity index (χ1n) is 11.5. The molecule has 2 aliphatic carbocycles. The van der Waals surface area contributed by atoms with Gasteiger partial charge in [-0.2, -0.15) is 0 Å². The van der Waals surface area contributed by atoms with Crippen LogP contribution >= 0.6 is 23.2 Å². The minimum Gasteiger partial charge on any atom is -0.505 e. The van der Waals surface area contributed by atoms with Crippen LogP contribution in [0.15, 0.2) is 54.1 Å². The van der Waals surface area contributed by atoms with E-state index in [0.717, 1.165) is 29.2 Å². The van der Waals surface area contributed by atoms with E-state index in [1.165, 1.54) is 18.2 Å². The van der Waals surface area contributed by atoms with Gasteiger partial charge in [-0.25, -0.2) is 13.7 Å². The van der Waals surface area contributed by atoms with Crippen molar-refractivity contribution in [3.8, 4) is 5.75 Å². The van der Waals surface area contributed by atoms with Gasteiger partial charge in [-0.1, -0.05) is 17.7 Å². The van der Waals surface area contributed by atoms with E-state index < -0.39 is 74.4 Å². The Morgan fingerprint density at radius 3 is 2.32 bits per heavy atom. The topological polar surface area (TPSA) is 104 Å². The molecule has 11 heteroatoms. The average Bonchev–Trinajstić information content (AvgIpc) is 3.23. The number of nitrogens with zero attached hydrogens (tertiary/aromatic N) is 1. The molecule has 1 saturated carbocycles. The lowest BCUT2D eigenvalue weighted by atomic mass is 9.56. The van der Waals surface area contributed by atoms with Crippen LogP contribution in [0.4, 0.5) is 14.5 Å². The van der Waals surface area contributed by atoms with Crippen molar-refractivity contribution in [2.45, 2.75) is 28.5 Å². The van der Waals surface area contributed by atoms with E-state index in [4.69, 9.17) is 23.2 Å². The predicted molar refractivity (Wildman–Crippen MR) is 128 cm³/mol. The number of hydrogen-bond acceptors (Lipinski definition) is 5. The highest BCUT2D eigenvalue weighted by Gasteiger charge is 2.76. The van der Waals surface area contributed by atoms with Gasteiger partial charge in [0.2, 0.25) is 11.8 Å². The summed E-state index contributed by atoms with van der Waals surface area (Å²) < 4.78 is 28.1.